The van der Waals surface area contributed by atoms with Crippen LogP contribution in [0.2, 0.25) is 0 Å². The number of aromatic nitrogens is 2. The molecule has 1 aliphatic heterocycles. The summed E-state index contributed by atoms with van der Waals surface area (Å²) >= 11 is 0. The Bertz CT molecular complexity index is 461. The maximum absolute atomic E-state index is 9.40. The maximum atomic E-state index is 9.40. The summed E-state index contributed by atoms with van der Waals surface area (Å²) in [6.07, 6.45) is 0.937. The van der Waals surface area contributed by atoms with Gasteiger partial charge in [-0.15, -0.1) is 0 Å². The Labute approximate surface area is 109 Å². The molecule has 2 heterocycles. The Hall–Kier alpha value is -0.870. The summed E-state index contributed by atoms with van der Waals surface area (Å²) in [7, 11) is 0. The van der Waals surface area contributed by atoms with Crippen LogP contribution in [0.3, 0.4) is 0 Å². The van der Waals surface area contributed by atoms with Gasteiger partial charge in [0.25, 0.3) is 0 Å². The fraction of sp³-hybridized carbons (Fsp3) is 0.786. The number of hydrogen-bond acceptors (Lipinski definition) is 3. The van der Waals surface area contributed by atoms with E-state index in [0.717, 1.165) is 23.4 Å². The van der Waals surface area contributed by atoms with Crippen molar-refractivity contribution in [3.8, 4) is 0 Å². The van der Waals surface area contributed by atoms with Gasteiger partial charge >= 0.3 is 0 Å². The summed E-state index contributed by atoms with van der Waals surface area (Å²) in [5.41, 5.74) is 2.54. The van der Waals surface area contributed by atoms with E-state index in [0.29, 0.717) is 0 Å². The lowest BCUT2D eigenvalue weighted by Crippen LogP contribution is -2.32. The zero-order valence-corrected chi connectivity index (χ0v) is 12.2. The standard InChI is InChI=1S/C14H24N2O2/c1-9-11(8-17)10(2)16(15-9)12-7-13(3,4)18-14(12,5)6/h12,17H,7-8H2,1-6H3. The molecule has 102 valence electrons. The SMILES string of the molecule is Cc1nn(C2CC(C)(C)OC2(C)C)c(C)c1CO. The second-order valence-electron chi connectivity index (χ2n) is 6.44. The third-order valence-electron chi connectivity index (χ3n) is 3.95. The van der Waals surface area contributed by atoms with Crippen molar-refractivity contribution >= 4 is 0 Å². The van der Waals surface area contributed by atoms with Crippen LogP contribution in [0.5, 0.6) is 0 Å². The summed E-state index contributed by atoms with van der Waals surface area (Å²) in [4.78, 5) is 0. The van der Waals surface area contributed by atoms with Crippen molar-refractivity contribution in [1.82, 2.24) is 9.78 Å². The molecule has 1 fully saturated rings. The summed E-state index contributed by atoms with van der Waals surface area (Å²) in [5, 5.41) is 14.0. The van der Waals surface area contributed by atoms with Crippen LogP contribution in [0, 0.1) is 13.8 Å². The monoisotopic (exact) mass is 252 g/mol. The number of rotatable bonds is 2. The largest absolute Gasteiger partial charge is 0.392 e. The molecule has 1 aromatic heterocycles. The van der Waals surface area contributed by atoms with E-state index in [9.17, 15) is 5.11 Å². The van der Waals surface area contributed by atoms with E-state index in [4.69, 9.17) is 4.74 Å². The van der Waals surface area contributed by atoms with Crippen LogP contribution in [0.15, 0.2) is 0 Å². The molecule has 0 spiro atoms. The van der Waals surface area contributed by atoms with Crippen molar-refractivity contribution in [1.29, 1.82) is 0 Å². The van der Waals surface area contributed by atoms with Gasteiger partial charge in [0.2, 0.25) is 0 Å². The minimum atomic E-state index is -0.237. The molecule has 1 aromatic rings. The first-order chi connectivity index (χ1) is 8.18. The van der Waals surface area contributed by atoms with Crippen molar-refractivity contribution < 1.29 is 9.84 Å². The average Bonchev–Trinajstić information content (AvgIpc) is 2.60. The predicted molar refractivity (Wildman–Crippen MR) is 70.5 cm³/mol. The summed E-state index contributed by atoms with van der Waals surface area (Å²) in [5.74, 6) is 0. The Morgan fingerprint density at radius 3 is 2.33 bits per heavy atom. The smallest absolute Gasteiger partial charge is 0.0858 e. The van der Waals surface area contributed by atoms with Crippen LogP contribution in [-0.2, 0) is 11.3 Å². The topological polar surface area (TPSA) is 47.3 Å². The Kier molecular flexibility index (Phi) is 3.06. The van der Waals surface area contributed by atoms with Crippen molar-refractivity contribution in [2.75, 3.05) is 0 Å². The number of hydrogen-bond donors (Lipinski definition) is 1. The normalized spacial score (nSPS) is 25.6. The quantitative estimate of drug-likeness (QED) is 0.879. The van der Waals surface area contributed by atoms with Gasteiger partial charge in [0, 0.05) is 17.7 Å². The molecule has 0 bridgehead atoms. The fourth-order valence-corrected chi connectivity index (χ4v) is 3.14. The average molecular weight is 252 g/mol. The molecule has 1 saturated heterocycles. The predicted octanol–water partition coefficient (Wildman–Crippen LogP) is 2.51. The van der Waals surface area contributed by atoms with Crippen molar-refractivity contribution in [2.45, 2.75) is 71.8 Å². The molecule has 0 aliphatic carbocycles. The molecule has 1 N–H and O–H groups in total. The van der Waals surface area contributed by atoms with Crippen molar-refractivity contribution in [3.63, 3.8) is 0 Å². The van der Waals surface area contributed by atoms with Crippen LogP contribution in [-0.4, -0.2) is 26.1 Å². The lowest BCUT2D eigenvalue weighted by molar-refractivity contribution is -0.0739. The Balaban J connectivity index is 2.44. The van der Waals surface area contributed by atoms with Gasteiger partial charge in [-0.1, -0.05) is 0 Å². The van der Waals surface area contributed by atoms with E-state index in [1.165, 1.54) is 0 Å². The lowest BCUT2D eigenvalue weighted by atomic mass is 9.94. The maximum Gasteiger partial charge on any atom is 0.0858 e. The first-order valence-electron chi connectivity index (χ1n) is 6.53. The van der Waals surface area contributed by atoms with Crippen LogP contribution in [0.4, 0.5) is 0 Å². The Morgan fingerprint density at radius 2 is 1.94 bits per heavy atom. The molecule has 18 heavy (non-hydrogen) atoms. The molecule has 0 saturated carbocycles. The highest BCUT2D eigenvalue weighted by Crippen LogP contribution is 2.45. The number of ether oxygens (including phenoxy) is 1. The second kappa shape index (κ2) is 4.07. The Morgan fingerprint density at radius 1 is 1.33 bits per heavy atom. The molecule has 0 aromatic carbocycles. The second-order valence-corrected chi connectivity index (χ2v) is 6.44. The minimum Gasteiger partial charge on any atom is -0.392 e. The van der Waals surface area contributed by atoms with Gasteiger partial charge in [0.15, 0.2) is 0 Å². The summed E-state index contributed by atoms with van der Waals surface area (Å²) in [6, 6.07) is 0.214. The van der Waals surface area contributed by atoms with Gasteiger partial charge < -0.3 is 9.84 Å². The summed E-state index contributed by atoms with van der Waals surface area (Å²) < 4.78 is 8.15. The zero-order valence-electron chi connectivity index (χ0n) is 12.2. The van der Waals surface area contributed by atoms with E-state index in [1.54, 1.807) is 0 Å². The van der Waals surface area contributed by atoms with E-state index < -0.39 is 0 Å². The van der Waals surface area contributed by atoms with Crippen molar-refractivity contribution in [2.24, 2.45) is 0 Å². The number of aryl methyl sites for hydroxylation is 1. The highest BCUT2D eigenvalue weighted by atomic mass is 16.5. The van der Waals surface area contributed by atoms with Crippen LogP contribution in [0.25, 0.3) is 0 Å². The molecule has 1 unspecified atom stereocenters. The van der Waals surface area contributed by atoms with E-state index in [-0.39, 0.29) is 23.9 Å². The third-order valence-corrected chi connectivity index (χ3v) is 3.95. The molecule has 1 atom stereocenters. The number of aliphatic hydroxyl groups excluding tert-OH is 1. The first-order valence-corrected chi connectivity index (χ1v) is 6.53. The molecule has 4 nitrogen and oxygen atoms in total. The van der Waals surface area contributed by atoms with Gasteiger partial charge in [-0.25, -0.2) is 0 Å². The van der Waals surface area contributed by atoms with E-state index in [2.05, 4.69) is 32.8 Å². The van der Waals surface area contributed by atoms with Crippen LogP contribution < -0.4 is 0 Å². The zero-order chi connectivity index (χ0) is 13.7. The van der Waals surface area contributed by atoms with Crippen molar-refractivity contribution in [3.05, 3.63) is 17.0 Å². The van der Waals surface area contributed by atoms with E-state index in [1.807, 2.05) is 18.5 Å². The molecule has 1 aliphatic rings. The minimum absolute atomic E-state index is 0.0507. The van der Waals surface area contributed by atoms with Gasteiger partial charge in [0.05, 0.1) is 29.5 Å². The lowest BCUT2D eigenvalue weighted by Gasteiger charge is -2.28. The molecule has 0 amide bonds. The van der Waals surface area contributed by atoms with Crippen LogP contribution >= 0.6 is 0 Å². The fourth-order valence-electron chi connectivity index (χ4n) is 3.14. The van der Waals surface area contributed by atoms with E-state index >= 15 is 0 Å². The van der Waals surface area contributed by atoms with Crippen LogP contribution in [0.1, 0.15) is 57.1 Å². The highest BCUT2D eigenvalue weighted by molar-refractivity contribution is 5.24. The third kappa shape index (κ3) is 2.08. The number of nitrogens with zero attached hydrogens (tertiary/aromatic N) is 2. The number of aliphatic hydroxyl groups is 1. The molecule has 2 rings (SSSR count). The molecular weight excluding hydrogens is 228 g/mol. The molecule has 0 radical (unpaired) electrons. The van der Waals surface area contributed by atoms with Gasteiger partial charge in [-0.3, -0.25) is 4.68 Å². The first kappa shape index (κ1) is 13.6. The highest BCUT2D eigenvalue weighted by Gasteiger charge is 2.47. The molecular formula is C14H24N2O2. The van der Waals surface area contributed by atoms with Gasteiger partial charge in [-0.05, 0) is 41.5 Å². The summed E-state index contributed by atoms with van der Waals surface area (Å²) in [6.45, 7) is 12.5. The van der Waals surface area contributed by atoms with Gasteiger partial charge in [0.1, 0.15) is 0 Å². The molecule has 4 heteroatoms. The van der Waals surface area contributed by atoms with Gasteiger partial charge in [-0.2, -0.15) is 5.10 Å².